The number of rotatable bonds is 5. The Labute approximate surface area is 146 Å². The molecule has 23 heavy (non-hydrogen) atoms. The van der Waals surface area contributed by atoms with Crippen molar-refractivity contribution >= 4 is 30.1 Å². The van der Waals surface area contributed by atoms with Crippen LogP contribution in [0.1, 0.15) is 24.8 Å². The summed E-state index contributed by atoms with van der Waals surface area (Å²) in [6.07, 6.45) is 2.75. The maximum Gasteiger partial charge on any atom is 0.223 e. The molecule has 0 spiro atoms. The van der Waals surface area contributed by atoms with Gasteiger partial charge in [-0.25, -0.2) is 8.78 Å². The number of amides is 1. The first-order chi connectivity index (χ1) is 10.5. The monoisotopic (exact) mass is 364 g/mol. The Morgan fingerprint density at radius 2 is 2.17 bits per heavy atom. The van der Waals surface area contributed by atoms with Crippen molar-refractivity contribution in [1.29, 1.82) is 0 Å². The molecule has 2 N–H and O–H groups in total. The van der Waals surface area contributed by atoms with E-state index in [-0.39, 0.29) is 36.2 Å². The molecule has 1 aliphatic rings. The molecule has 0 radical (unpaired) electrons. The fourth-order valence-corrected chi connectivity index (χ4v) is 3.45. The van der Waals surface area contributed by atoms with E-state index in [2.05, 4.69) is 10.6 Å². The molecule has 1 heterocycles. The Balaban J connectivity index is 0.00000264. The van der Waals surface area contributed by atoms with Crippen LogP contribution in [0.3, 0.4) is 0 Å². The Hall–Kier alpha value is -0.850. The minimum atomic E-state index is -0.841. The van der Waals surface area contributed by atoms with Crippen LogP contribution in [0, 0.1) is 17.6 Å². The van der Waals surface area contributed by atoms with Crippen molar-refractivity contribution < 1.29 is 13.6 Å². The summed E-state index contributed by atoms with van der Waals surface area (Å²) < 4.78 is 26.6. The van der Waals surface area contributed by atoms with Crippen LogP contribution in [0.15, 0.2) is 18.2 Å². The molecule has 1 amide bonds. The molecule has 1 aliphatic heterocycles. The molecule has 0 aliphatic carbocycles. The molecule has 1 saturated heterocycles. The fourth-order valence-electron chi connectivity index (χ4n) is 2.80. The predicted molar refractivity (Wildman–Crippen MR) is 93.3 cm³/mol. The van der Waals surface area contributed by atoms with Gasteiger partial charge in [0.25, 0.3) is 0 Å². The summed E-state index contributed by atoms with van der Waals surface area (Å²) in [7, 11) is 0. The summed E-state index contributed by atoms with van der Waals surface area (Å²) in [4.78, 5) is 12.2. The van der Waals surface area contributed by atoms with Crippen LogP contribution in [0.2, 0.25) is 0 Å². The van der Waals surface area contributed by atoms with Gasteiger partial charge in [0, 0.05) is 30.2 Å². The highest BCUT2D eigenvalue weighted by atomic mass is 35.5. The lowest BCUT2D eigenvalue weighted by Gasteiger charge is -2.34. The van der Waals surface area contributed by atoms with Gasteiger partial charge < -0.3 is 10.6 Å². The summed E-state index contributed by atoms with van der Waals surface area (Å²) in [5.74, 6) is -0.967. The molecule has 2 rings (SSSR count). The molecule has 0 bridgehead atoms. The third kappa shape index (κ3) is 5.33. The molecular weight excluding hydrogens is 342 g/mol. The van der Waals surface area contributed by atoms with Gasteiger partial charge in [0.1, 0.15) is 0 Å². The van der Waals surface area contributed by atoms with Gasteiger partial charge in [0.2, 0.25) is 5.91 Å². The molecule has 0 aromatic heterocycles. The highest BCUT2D eigenvalue weighted by Gasteiger charge is 2.29. The summed E-state index contributed by atoms with van der Waals surface area (Å²) in [6.45, 7) is 3.34. The third-order valence-electron chi connectivity index (χ3n) is 4.05. The third-order valence-corrected chi connectivity index (χ3v) is 4.88. The molecule has 3 nitrogen and oxygen atoms in total. The number of hydrogen-bond donors (Lipinski definition) is 2. The van der Waals surface area contributed by atoms with Crippen LogP contribution in [-0.2, 0) is 4.79 Å². The highest BCUT2D eigenvalue weighted by Crippen LogP contribution is 2.27. The van der Waals surface area contributed by atoms with Crippen LogP contribution >= 0.6 is 24.2 Å². The molecule has 3 unspecified atom stereocenters. The van der Waals surface area contributed by atoms with Crippen molar-refractivity contribution in [3.63, 3.8) is 0 Å². The number of carbonyl (C=O) groups is 1. The molecule has 0 saturated carbocycles. The van der Waals surface area contributed by atoms with Crippen LogP contribution in [0.5, 0.6) is 0 Å². The second kappa shape index (κ2) is 9.45. The number of benzene rings is 1. The van der Waals surface area contributed by atoms with Gasteiger partial charge in [-0.15, -0.1) is 12.4 Å². The average Bonchev–Trinajstić information content (AvgIpc) is 2.51. The van der Waals surface area contributed by atoms with Crippen molar-refractivity contribution in [2.45, 2.75) is 25.3 Å². The quantitative estimate of drug-likeness (QED) is 0.844. The Bertz CT molecular complexity index is 533. The second-order valence-electron chi connectivity index (χ2n) is 5.74. The number of halogens is 3. The smallest absolute Gasteiger partial charge is 0.223 e. The van der Waals surface area contributed by atoms with E-state index < -0.39 is 11.6 Å². The summed E-state index contributed by atoms with van der Waals surface area (Å²) in [6, 6.07) is 3.91. The number of hydrogen-bond acceptors (Lipinski definition) is 3. The first-order valence-electron chi connectivity index (χ1n) is 7.48. The molecule has 7 heteroatoms. The maximum absolute atomic E-state index is 13.5. The van der Waals surface area contributed by atoms with E-state index in [0.717, 1.165) is 30.3 Å². The predicted octanol–water partition coefficient (Wildman–Crippen LogP) is 2.95. The van der Waals surface area contributed by atoms with E-state index in [4.69, 9.17) is 0 Å². The molecule has 1 aromatic carbocycles. The zero-order valence-electron chi connectivity index (χ0n) is 13.3. The van der Waals surface area contributed by atoms with E-state index in [1.165, 1.54) is 6.07 Å². The Morgan fingerprint density at radius 1 is 1.43 bits per heavy atom. The second-order valence-corrected chi connectivity index (χ2v) is 6.65. The summed E-state index contributed by atoms with van der Waals surface area (Å²) in [5, 5.41) is 6.30. The van der Waals surface area contributed by atoms with E-state index in [1.54, 1.807) is 17.8 Å². The number of nitrogens with one attached hydrogen (secondary N) is 2. The van der Waals surface area contributed by atoms with Crippen molar-refractivity contribution in [2.75, 3.05) is 25.1 Å². The number of thioether (sulfide) groups is 1. The minimum absolute atomic E-state index is 0. The van der Waals surface area contributed by atoms with E-state index >= 15 is 0 Å². The Kier molecular flexibility index (Phi) is 8.29. The van der Waals surface area contributed by atoms with E-state index in [0.29, 0.717) is 6.54 Å². The SMILES string of the molecule is CSCC(C)C(=O)NC1CNCCC1c1ccc(F)c(F)c1.Cl. The molecule has 1 fully saturated rings. The first kappa shape index (κ1) is 20.2. The van der Waals surface area contributed by atoms with Gasteiger partial charge in [-0.1, -0.05) is 13.0 Å². The summed E-state index contributed by atoms with van der Waals surface area (Å²) in [5.41, 5.74) is 0.739. The lowest BCUT2D eigenvalue weighted by Crippen LogP contribution is -2.51. The topological polar surface area (TPSA) is 41.1 Å². The normalized spacial score (nSPS) is 22.1. The molecule has 3 atom stereocenters. The number of carbonyl (C=O) groups excluding carboxylic acids is 1. The molecule has 130 valence electrons. The summed E-state index contributed by atoms with van der Waals surface area (Å²) >= 11 is 1.63. The molecule has 1 aromatic rings. The van der Waals surface area contributed by atoms with Crippen molar-refractivity contribution in [3.05, 3.63) is 35.4 Å². The lowest BCUT2D eigenvalue weighted by atomic mass is 9.85. The first-order valence-corrected chi connectivity index (χ1v) is 8.87. The zero-order chi connectivity index (χ0) is 16.1. The standard InChI is InChI=1S/C16H22F2N2OS.ClH/c1-10(9-22-2)16(21)20-15-8-19-6-5-12(15)11-3-4-13(17)14(18)7-11;/h3-4,7,10,12,15,19H,5-6,8-9H2,1-2H3,(H,20,21);1H. The van der Waals surface area contributed by atoms with E-state index in [1.807, 2.05) is 13.2 Å². The van der Waals surface area contributed by atoms with Gasteiger partial charge in [-0.3, -0.25) is 4.79 Å². The largest absolute Gasteiger partial charge is 0.351 e. The highest BCUT2D eigenvalue weighted by molar-refractivity contribution is 7.98. The van der Waals surface area contributed by atoms with Crippen LogP contribution in [-0.4, -0.2) is 37.0 Å². The van der Waals surface area contributed by atoms with Crippen molar-refractivity contribution in [1.82, 2.24) is 10.6 Å². The van der Waals surface area contributed by atoms with Gasteiger partial charge in [0.15, 0.2) is 11.6 Å². The van der Waals surface area contributed by atoms with Crippen LogP contribution in [0.4, 0.5) is 8.78 Å². The van der Waals surface area contributed by atoms with Crippen LogP contribution in [0.25, 0.3) is 0 Å². The van der Waals surface area contributed by atoms with Gasteiger partial charge in [0.05, 0.1) is 0 Å². The maximum atomic E-state index is 13.5. The average molecular weight is 365 g/mol. The van der Waals surface area contributed by atoms with Gasteiger partial charge >= 0.3 is 0 Å². The number of piperidine rings is 1. The van der Waals surface area contributed by atoms with Crippen molar-refractivity contribution in [2.24, 2.45) is 5.92 Å². The molecular formula is C16H23ClF2N2OS. The lowest BCUT2D eigenvalue weighted by molar-refractivity contribution is -0.124. The van der Waals surface area contributed by atoms with Crippen molar-refractivity contribution in [3.8, 4) is 0 Å². The van der Waals surface area contributed by atoms with Gasteiger partial charge in [-0.05, 0) is 36.9 Å². The van der Waals surface area contributed by atoms with Gasteiger partial charge in [-0.2, -0.15) is 11.8 Å². The fraction of sp³-hybridized carbons (Fsp3) is 0.562. The van der Waals surface area contributed by atoms with E-state index in [9.17, 15) is 13.6 Å². The Morgan fingerprint density at radius 3 is 2.83 bits per heavy atom. The minimum Gasteiger partial charge on any atom is -0.351 e. The van der Waals surface area contributed by atoms with Crippen LogP contribution < -0.4 is 10.6 Å². The zero-order valence-corrected chi connectivity index (χ0v) is 14.9.